The lowest BCUT2D eigenvalue weighted by Gasteiger charge is -2.12. The van der Waals surface area contributed by atoms with Gasteiger partial charge in [-0.3, -0.25) is 4.79 Å². The topological polar surface area (TPSA) is 76.7 Å². The molecule has 0 bridgehead atoms. The number of benzene rings is 2. The van der Waals surface area contributed by atoms with Crippen molar-refractivity contribution in [1.29, 1.82) is 0 Å². The van der Waals surface area contributed by atoms with Gasteiger partial charge in [0.2, 0.25) is 5.91 Å². The van der Waals surface area contributed by atoms with Crippen LogP contribution in [0.1, 0.15) is 41.3 Å². The third-order valence-corrected chi connectivity index (χ3v) is 6.55. The van der Waals surface area contributed by atoms with Crippen LogP contribution in [0.2, 0.25) is 5.02 Å². The van der Waals surface area contributed by atoms with Gasteiger partial charge in [-0.05, 0) is 80.4 Å². The molecule has 2 aromatic carbocycles. The van der Waals surface area contributed by atoms with Crippen LogP contribution in [0.25, 0.3) is 11.1 Å². The number of hydrogen-bond donors (Lipinski definition) is 2. The molecule has 3 aromatic rings. The number of aryl methyl sites for hydroxylation is 2. The van der Waals surface area contributed by atoms with E-state index in [0.29, 0.717) is 34.4 Å². The lowest BCUT2D eigenvalue weighted by atomic mass is 9.99. The summed E-state index contributed by atoms with van der Waals surface area (Å²) in [4.78, 5) is 25.1. The number of thiocarbonyl (C=S) groups is 1. The van der Waals surface area contributed by atoms with Crippen molar-refractivity contribution in [1.82, 2.24) is 5.32 Å². The van der Waals surface area contributed by atoms with Gasteiger partial charge in [-0.2, -0.15) is 0 Å². The van der Waals surface area contributed by atoms with Crippen molar-refractivity contribution >= 4 is 57.1 Å². The molecule has 6 nitrogen and oxygen atoms in total. The molecule has 0 radical (unpaired) electrons. The molecule has 1 heterocycles. The van der Waals surface area contributed by atoms with Crippen molar-refractivity contribution < 1.29 is 19.1 Å². The Morgan fingerprint density at radius 1 is 1.09 bits per heavy atom. The predicted octanol–water partition coefficient (Wildman–Crippen LogP) is 6.53. The Balaban J connectivity index is 1.60. The fourth-order valence-corrected chi connectivity index (χ4v) is 4.62. The quantitative estimate of drug-likeness (QED) is 0.186. The first kappa shape index (κ1) is 26.7. The number of amides is 1. The van der Waals surface area contributed by atoms with Crippen molar-refractivity contribution in [3.05, 3.63) is 69.6 Å². The number of hydrogen-bond acceptors (Lipinski definition) is 6. The monoisotopic (exact) mass is 530 g/mol. The van der Waals surface area contributed by atoms with Crippen LogP contribution < -0.4 is 15.4 Å². The van der Waals surface area contributed by atoms with E-state index in [1.54, 1.807) is 31.2 Å². The molecule has 0 spiro atoms. The predicted molar refractivity (Wildman–Crippen MR) is 146 cm³/mol. The lowest BCUT2D eigenvalue weighted by Crippen LogP contribution is -2.34. The van der Waals surface area contributed by atoms with Gasteiger partial charge in [0.15, 0.2) is 5.11 Å². The van der Waals surface area contributed by atoms with E-state index in [1.165, 1.54) is 16.9 Å². The summed E-state index contributed by atoms with van der Waals surface area (Å²) >= 11 is 12.5. The maximum Gasteiger partial charge on any atom is 0.341 e. The molecule has 0 aliphatic heterocycles. The summed E-state index contributed by atoms with van der Waals surface area (Å²) in [5.41, 5.74) is 4.36. The van der Waals surface area contributed by atoms with Gasteiger partial charge in [0.05, 0.1) is 13.2 Å². The summed E-state index contributed by atoms with van der Waals surface area (Å²) in [5, 5.41) is 8.81. The van der Waals surface area contributed by atoms with Gasteiger partial charge < -0.3 is 20.1 Å². The van der Waals surface area contributed by atoms with Crippen LogP contribution in [0.5, 0.6) is 5.75 Å². The van der Waals surface area contributed by atoms with Gasteiger partial charge >= 0.3 is 5.97 Å². The largest absolute Gasteiger partial charge is 0.494 e. The molecular weight excluding hydrogens is 504 g/mol. The number of ether oxygens (including phenoxy) is 2. The zero-order valence-corrected chi connectivity index (χ0v) is 22.2. The number of esters is 1. The first-order valence-electron chi connectivity index (χ1n) is 11.1. The van der Waals surface area contributed by atoms with E-state index in [9.17, 15) is 9.59 Å². The minimum atomic E-state index is -0.446. The number of halogens is 1. The number of carbonyl (C=O) groups is 2. The first-order valence-corrected chi connectivity index (χ1v) is 12.8. The third-order valence-electron chi connectivity index (χ3n) is 5.20. The Morgan fingerprint density at radius 3 is 2.51 bits per heavy atom. The fraction of sp³-hybridized carbons (Fsp3) is 0.269. The third kappa shape index (κ3) is 7.52. The van der Waals surface area contributed by atoms with Crippen LogP contribution in [-0.4, -0.2) is 30.2 Å². The first-order chi connectivity index (χ1) is 16.8. The summed E-state index contributed by atoms with van der Waals surface area (Å²) in [5.74, 6) is -0.000423. The van der Waals surface area contributed by atoms with Crippen molar-refractivity contribution in [3.8, 4) is 16.9 Å². The molecule has 0 fully saturated rings. The van der Waals surface area contributed by atoms with Gasteiger partial charge in [0, 0.05) is 22.4 Å². The highest BCUT2D eigenvalue weighted by molar-refractivity contribution is 7.80. The molecule has 1 aromatic heterocycles. The molecule has 0 unspecified atom stereocenters. The highest BCUT2D eigenvalue weighted by atomic mass is 35.5. The second-order valence-corrected chi connectivity index (χ2v) is 9.51. The summed E-state index contributed by atoms with van der Waals surface area (Å²) in [7, 11) is 0. The molecule has 35 heavy (non-hydrogen) atoms. The van der Waals surface area contributed by atoms with Gasteiger partial charge in [-0.25, -0.2) is 4.79 Å². The minimum absolute atomic E-state index is 0.118. The van der Waals surface area contributed by atoms with Gasteiger partial charge in [0.1, 0.15) is 16.3 Å². The SMILES string of the molecule is CCOC(=O)c1c(-c2ccc(C)c(C)c2)csc1NC(=S)NC(=O)CCCOc1ccc(Cl)cc1. The number of thiophene rings is 1. The number of nitrogens with one attached hydrogen (secondary N) is 2. The van der Waals surface area contributed by atoms with E-state index in [0.717, 1.165) is 16.7 Å². The number of rotatable bonds is 9. The molecule has 0 saturated carbocycles. The average Bonchev–Trinajstić information content (AvgIpc) is 3.23. The van der Waals surface area contributed by atoms with Crippen LogP contribution in [-0.2, 0) is 9.53 Å². The van der Waals surface area contributed by atoms with Crippen molar-refractivity contribution in [2.24, 2.45) is 0 Å². The van der Waals surface area contributed by atoms with Crippen molar-refractivity contribution in [2.45, 2.75) is 33.6 Å². The molecule has 0 saturated heterocycles. The minimum Gasteiger partial charge on any atom is -0.494 e. The fourth-order valence-electron chi connectivity index (χ4n) is 3.25. The Hall–Kier alpha value is -2.94. The smallest absolute Gasteiger partial charge is 0.341 e. The standard InChI is InChI=1S/C26H27ClN2O4S2/c1-4-32-25(31)23-21(18-8-7-16(2)17(3)14-18)15-35-24(23)29-26(34)28-22(30)6-5-13-33-20-11-9-19(27)10-12-20/h7-12,14-15H,4-6,13H2,1-3H3,(H2,28,29,30,34). The number of carbonyl (C=O) groups excluding carboxylic acids is 2. The van der Waals surface area contributed by atoms with E-state index in [1.807, 2.05) is 37.4 Å². The van der Waals surface area contributed by atoms with Gasteiger partial charge in [-0.1, -0.05) is 29.8 Å². The highest BCUT2D eigenvalue weighted by Crippen LogP contribution is 2.37. The summed E-state index contributed by atoms with van der Waals surface area (Å²) in [6, 6.07) is 13.1. The molecule has 0 aliphatic carbocycles. The molecular formula is C26H27ClN2O4S2. The zero-order chi connectivity index (χ0) is 25.4. The average molecular weight is 531 g/mol. The normalized spacial score (nSPS) is 10.5. The maximum atomic E-state index is 12.8. The van der Waals surface area contributed by atoms with Crippen molar-refractivity contribution in [3.63, 3.8) is 0 Å². The lowest BCUT2D eigenvalue weighted by molar-refractivity contribution is -0.119. The summed E-state index contributed by atoms with van der Waals surface area (Å²) < 4.78 is 10.9. The van der Waals surface area contributed by atoms with E-state index < -0.39 is 5.97 Å². The van der Waals surface area contributed by atoms with Gasteiger partial charge in [0.25, 0.3) is 0 Å². The zero-order valence-electron chi connectivity index (χ0n) is 19.8. The molecule has 1 amide bonds. The molecule has 2 N–H and O–H groups in total. The van der Waals surface area contributed by atoms with Crippen LogP contribution in [0, 0.1) is 13.8 Å². The Kier molecular flexibility index (Phi) is 9.65. The van der Waals surface area contributed by atoms with Crippen LogP contribution in [0.4, 0.5) is 5.00 Å². The Bertz CT molecular complexity index is 1210. The van der Waals surface area contributed by atoms with Crippen LogP contribution in [0.15, 0.2) is 47.8 Å². The van der Waals surface area contributed by atoms with Gasteiger partial charge in [-0.15, -0.1) is 11.3 Å². The second kappa shape index (κ2) is 12.7. The summed E-state index contributed by atoms with van der Waals surface area (Å²) in [6.45, 7) is 6.46. The van der Waals surface area contributed by atoms with Crippen LogP contribution in [0.3, 0.4) is 0 Å². The molecule has 9 heteroatoms. The molecule has 0 aliphatic rings. The second-order valence-electron chi connectivity index (χ2n) is 7.78. The maximum absolute atomic E-state index is 12.8. The van der Waals surface area contributed by atoms with Crippen molar-refractivity contribution in [2.75, 3.05) is 18.5 Å². The van der Waals surface area contributed by atoms with E-state index in [2.05, 4.69) is 10.6 Å². The number of anilines is 1. The summed E-state index contributed by atoms with van der Waals surface area (Å²) in [6.07, 6.45) is 0.750. The van der Waals surface area contributed by atoms with E-state index in [4.69, 9.17) is 33.3 Å². The van der Waals surface area contributed by atoms with E-state index in [-0.39, 0.29) is 24.0 Å². The van der Waals surface area contributed by atoms with Crippen LogP contribution >= 0.6 is 35.2 Å². The Labute approximate surface area is 219 Å². The molecule has 0 atom stereocenters. The molecule has 3 rings (SSSR count). The highest BCUT2D eigenvalue weighted by Gasteiger charge is 2.22. The Morgan fingerprint density at radius 2 is 1.83 bits per heavy atom. The van der Waals surface area contributed by atoms with E-state index >= 15 is 0 Å². The molecule has 184 valence electrons.